The van der Waals surface area contributed by atoms with Crippen molar-refractivity contribution in [3.05, 3.63) is 35.7 Å². The highest BCUT2D eigenvalue weighted by Gasteiger charge is 2.14. The number of aromatic nitrogens is 1. The van der Waals surface area contributed by atoms with Crippen molar-refractivity contribution < 1.29 is 18.7 Å². The number of fused-ring (bicyclic) bond motifs is 1. The highest BCUT2D eigenvalue weighted by molar-refractivity contribution is 5.46. The molecule has 0 unspecified atom stereocenters. The van der Waals surface area contributed by atoms with Crippen LogP contribution in [0.5, 0.6) is 17.2 Å². The number of rotatable bonds is 6. The molecule has 0 bridgehead atoms. The third-order valence-electron chi connectivity index (χ3n) is 2.89. The molecule has 0 fully saturated rings. The number of ether oxygens (including phenoxy) is 3. The minimum Gasteiger partial charge on any atom is -0.485 e. The van der Waals surface area contributed by atoms with E-state index >= 15 is 0 Å². The fourth-order valence-electron chi connectivity index (χ4n) is 1.88. The smallest absolute Gasteiger partial charge is 0.231 e. The summed E-state index contributed by atoms with van der Waals surface area (Å²) in [7, 11) is 0. The van der Waals surface area contributed by atoms with Gasteiger partial charge in [0.05, 0.1) is 5.69 Å². The molecule has 0 amide bonds. The Bertz CT molecular complexity index is 582. The molecule has 20 heavy (non-hydrogen) atoms. The van der Waals surface area contributed by atoms with Crippen molar-refractivity contribution in [2.24, 2.45) is 0 Å². The fraction of sp³-hybridized carbons (Fsp3) is 0.357. The maximum absolute atomic E-state index is 5.65. The Balaban J connectivity index is 1.57. The topological polar surface area (TPSA) is 65.8 Å². The summed E-state index contributed by atoms with van der Waals surface area (Å²) in [6, 6.07) is 7.35. The predicted octanol–water partition coefficient (Wildman–Crippen LogP) is 2.09. The van der Waals surface area contributed by atoms with Crippen LogP contribution in [0.2, 0.25) is 0 Å². The van der Waals surface area contributed by atoms with Crippen molar-refractivity contribution in [1.29, 1.82) is 0 Å². The van der Waals surface area contributed by atoms with Gasteiger partial charge in [0, 0.05) is 18.7 Å². The zero-order valence-electron chi connectivity index (χ0n) is 11.2. The normalized spacial score (nSPS) is 12.7. The molecule has 106 valence electrons. The maximum Gasteiger partial charge on any atom is 0.231 e. The molecule has 0 spiro atoms. The molecule has 0 saturated heterocycles. The summed E-state index contributed by atoms with van der Waals surface area (Å²) in [5, 5.41) is 7.15. The number of hydrogen-bond donors (Lipinski definition) is 1. The first kappa shape index (κ1) is 12.8. The van der Waals surface area contributed by atoms with Crippen LogP contribution in [0.25, 0.3) is 0 Å². The van der Waals surface area contributed by atoms with Gasteiger partial charge in [0.25, 0.3) is 0 Å². The molecule has 1 aromatic carbocycles. The number of nitrogens with one attached hydrogen (secondary N) is 1. The maximum atomic E-state index is 5.65. The van der Waals surface area contributed by atoms with Crippen molar-refractivity contribution in [2.45, 2.75) is 20.1 Å². The quantitative estimate of drug-likeness (QED) is 0.871. The Hall–Kier alpha value is -2.21. The number of benzene rings is 1. The van der Waals surface area contributed by atoms with Gasteiger partial charge in [0.15, 0.2) is 17.3 Å². The molecule has 0 aliphatic carbocycles. The summed E-state index contributed by atoms with van der Waals surface area (Å²) < 4.78 is 21.4. The molecule has 6 nitrogen and oxygen atoms in total. The third kappa shape index (κ3) is 2.85. The van der Waals surface area contributed by atoms with Crippen molar-refractivity contribution in [3.63, 3.8) is 0 Å². The lowest BCUT2D eigenvalue weighted by Gasteiger charge is -2.04. The zero-order chi connectivity index (χ0) is 13.8. The van der Waals surface area contributed by atoms with E-state index in [-0.39, 0.29) is 6.79 Å². The van der Waals surface area contributed by atoms with Crippen molar-refractivity contribution in [1.82, 2.24) is 10.5 Å². The van der Waals surface area contributed by atoms with E-state index in [1.54, 1.807) is 6.07 Å². The molecule has 6 heteroatoms. The van der Waals surface area contributed by atoms with Gasteiger partial charge in [-0.2, -0.15) is 0 Å². The molecule has 1 aromatic heterocycles. The average molecular weight is 276 g/mol. The van der Waals surface area contributed by atoms with Gasteiger partial charge in [-0.25, -0.2) is 0 Å². The van der Waals surface area contributed by atoms with E-state index in [0.29, 0.717) is 30.4 Å². The molecule has 3 rings (SSSR count). The minimum absolute atomic E-state index is 0.259. The van der Waals surface area contributed by atoms with E-state index < -0.39 is 0 Å². The Morgan fingerprint density at radius 2 is 2.15 bits per heavy atom. The molecular formula is C14H16N2O4. The van der Waals surface area contributed by atoms with E-state index in [2.05, 4.69) is 10.5 Å². The number of hydrogen-bond acceptors (Lipinski definition) is 6. The van der Waals surface area contributed by atoms with E-state index in [1.807, 2.05) is 25.1 Å². The minimum atomic E-state index is 0.259. The van der Waals surface area contributed by atoms with Crippen LogP contribution in [0.15, 0.2) is 28.8 Å². The van der Waals surface area contributed by atoms with Crippen LogP contribution >= 0.6 is 0 Å². The van der Waals surface area contributed by atoms with E-state index in [9.17, 15) is 0 Å². The lowest BCUT2D eigenvalue weighted by molar-refractivity contribution is 0.173. The Labute approximate surface area is 116 Å². The molecule has 0 radical (unpaired) electrons. The lowest BCUT2D eigenvalue weighted by atomic mass is 10.3. The summed E-state index contributed by atoms with van der Waals surface area (Å²) in [6.45, 7) is 4.23. The van der Waals surface area contributed by atoms with Crippen molar-refractivity contribution in [2.75, 3.05) is 13.3 Å². The van der Waals surface area contributed by atoms with E-state index in [4.69, 9.17) is 18.7 Å². The standard InChI is InChI=1S/C14H16N2O4/c1-2-15-7-10-5-12(20-16-10)8-17-11-3-4-13-14(6-11)19-9-18-13/h3-6,15H,2,7-9H2,1H3. The Kier molecular flexibility index (Phi) is 3.73. The summed E-state index contributed by atoms with van der Waals surface area (Å²) in [5.74, 6) is 2.84. The van der Waals surface area contributed by atoms with Gasteiger partial charge in [-0.15, -0.1) is 0 Å². The molecule has 1 aliphatic heterocycles. The first-order chi connectivity index (χ1) is 9.85. The van der Waals surface area contributed by atoms with Gasteiger partial charge >= 0.3 is 0 Å². The van der Waals surface area contributed by atoms with Crippen LogP contribution < -0.4 is 19.5 Å². The summed E-state index contributed by atoms with van der Waals surface area (Å²) in [4.78, 5) is 0. The van der Waals surface area contributed by atoms with Gasteiger partial charge in [-0.1, -0.05) is 12.1 Å². The first-order valence-corrected chi connectivity index (χ1v) is 6.53. The fourth-order valence-corrected chi connectivity index (χ4v) is 1.88. The molecular weight excluding hydrogens is 260 g/mol. The van der Waals surface area contributed by atoms with Crippen LogP contribution in [0.3, 0.4) is 0 Å². The summed E-state index contributed by atoms with van der Waals surface area (Å²) in [6.07, 6.45) is 0. The average Bonchev–Trinajstić information content (AvgIpc) is 3.11. The van der Waals surface area contributed by atoms with Crippen molar-refractivity contribution in [3.8, 4) is 17.2 Å². The first-order valence-electron chi connectivity index (χ1n) is 6.53. The molecule has 2 heterocycles. The molecule has 0 atom stereocenters. The summed E-state index contributed by atoms with van der Waals surface area (Å²) in [5.41, 5.74) is 0.871. The largest absolute Gasteiger partial charge is 0.485 e. The monoisotopic (exact) mass is 276 g/mol. The van der Waals surface area contributed by atoms with Gasteiger partial charge in [0.2, 0.25) is 6.79 Å². The number of nitrogens with zero attached hydrogens (tertiary/aromatic N) is 1. The van der Waals surface area contributed by atoms with E-state index in [1.165, 1.54) is 0 Å². The summed E-state index contributed by atoms with van der Waals surface area (Å²) >= 11 is 0. The highest BCUT2D eigenvalue weighted by atomic mass is 16.7. The molecule has 0 saturated carbocycles. The Morgan fingerprint density at radius 1 is 1.25 bits per heavy atom. The SMILES string of the molecule is CCNCc1cc(COc2ccc3c(c2)OCO3)on1. The Morgan fingerprint density at radius 3 is 3.05 bits per heavy atom. The zero-order valence-corrected chi connectivity index (χ0v) is 11.2. The second-order valence-corrected chi connectivity index (χ2v) is 4.37. The van der Waals surface area contributed by atoms with Gasteiger partial charge in [-0.05, 0) is 18.7 Å². The second-order valence-electron chi connectivity index (χ2n) is 4.37. The predicted molar refractivity (Wildman–Crippen MR) is 70.8 cm³/mol. The van der Waals surface area contributed by atoms with Crippen LogP contribution in [-0.4, -0.2) is 18.5 Å². The molecule has 2 aromatic rings. The van der Waals surface area contributed by atoms with Crippen LogP contribution in [0, 0.1) is 0 Å². The lowest BCUT2D eigenvalue weighted by Crippen LogP contribution is -2.11. The van der Waals surface area contributed by atoms with Gasteiger partial charge < -0.3 is 24.1 Å². The second kappa shape index (κ2) is 5.83. The molecule has 1 N–H and O–H groups in total. The van der Waals surface area contributed by atoms with Gasteiger partial charge in [-0.3, -0.25) is 0 Å². The van der Waals surface area contributed by atoms with Crippen LogP contribution in [0.4, 0.5) is 0 Å². The third-order valence-corrected chi connectivity index (χ3v) is 2.89. The van der Waals surface area contributed by atoms with Crippen molar-refractivity contribution >= 4 is 0 Å². The van der Waals surface area contributed by atoms with Crippen LogP contribution in [0.1, 0.15) is 18.4 Å². The van der Waals surface area contributed by atoms with Crippen LogP contribution in [-0.2, 0) is 13.2 Å². The van der Waals surface area contributed by atoms with Gasteiger partial charge in [0.1, 0.15) is 12.4 Å². The highest BCUT2D eigenvalue weighted by Crippen LogP contribution is 2.35. The van der Waals surface area contributed by atoms with E-state index in [0.717, 1.165) is 18.0 Å². The molecule has 1 aliphatic rings.